The summed E-state index contributed by atoms with van der Waals surface area (Å²) < 4.78 is 62.3. The Labute approximate surface area is 218 Å². The number of amides is 1. The SMILES string of the molecule is CC(=O)Oc1c2n(ccc1=O)N([C@@H]1c3ccc(F)cc3CSc3ccccc31)CN([C@H](C)C(F)(F)F)C2=O. The topological polar surface area (TPSA) is 71.8 Å². The fourth-order valence-corrected chi connectivity index (χ4v) is 5.80. The van der Waals surface area contributed by atoms with Crippen LogP contribution in [0.4, 0.5) is 17.6 Å². The van der Waals surface area contributed by atoms with Gasteiger partial charge in [0.15, 0.2) is 5.69 Å². The number of esters is 1. The first-order valence-electron chi connectivity index (χ1n) is 11.6. The van der Waals surface area contributed by atoms with Crippen LogP contribution < -0.4 is 15.2 Å². The Bertz CT molecular complexity index is 1510. The van der Waals surface area contributed by atoms with E-state index in [1.807, 2.05) is 18.2 Å². The number of pyridine rings is 1. The molecule has 0 spiro atoms. The second-order valence-electron chi connectivity index (χ2n) is 8.94. The number of carbonyl (C=O) groups excluding carboxylic acids is 2. The zero-order chi connectivity index (χ0) is 27.4. The van der Waals surface area contributed by atoms with Crippen LogP contribution in [0.1, 0.15) is 47.1 Å². The molecule has 12 heteroatoms. The Kier molecular flexibility index (Phi) is 6.46. The van der Waals surface area contributed by atoms with E-state index in [0.717, 1.165) is 30.4 Å². The molecule has 2 aliphatic rings. The van der Waals surface area contributed by atoms with E-state index in [4.69, 9.17) is 4.74 Å². The van der Waals surface area contributed by atoms with Gasteiger partial charge in [0, 0.05) is 29.8 Å². The van der Waals surface area contributed by atoms with E-state index in [1.54, 1.807) is 12.1 Å². The summed E-state index contributed by atoms with van der Waals surface area (Å²) in [5.41, 5.74) is 0.631. The predicted molar refractivity (Wildman–Crippen MR) is 131 cm³/mol. The van der Waals surface area contributed by atoms with Crippen LogP contribution in [0.3, 0.4) is 0 Å². The standard InChI is InChI=1S/C26H21F4N3O4S/c1-14(26(28,29)30)31-13-33(32-10-9-20(35)24(37-15(2)34)23(32)25(31)36)22-18-8-7-17(27)11-16(18)12-38-21-6-4-3-5-19(21)22/h3-11,14,22H,12-13H2,1-2H3/t14-,22-/m1/s1. The van der Waals surface area contributed by atoms with Gasteiger partial charge < -0.3 is 9.64 Å². The molecular formula is C26H21F4N3O4S. The van der Waals surface area contributed by atoms with Crippen LogP contribution in [0.15, 0.2) is 64.4 Å². The lowest BCUT2D eigenvalue weighted by Crippen LogP contribution is -2.60. The summed E-state index contributed by atoms with van der Waals surface area (Å²) in [6, 6.07) is 9.56. The van der Waals surface area contributed by atoms with Gasteiger partial charge in [0.05, 0.1) is 6.04 Å². The molecule has 1 amide bonds. The zero-order valence-electron chi connectivity index (χ0n) is 20.2. The second kappa shape index (κ2) is 9.50. The van der Waals surface area contributed by atoms with Crippen molar-refractivity contribution in [3.8, 4) is 5.75 Å². The highest BCUT2D eigenvalue weighted by atomic mass is 32.2. The number of aromatic nitrogens is 1. The van der Waals surface area contributed by atoms with Crippen molar-refractivity contribution in [2.24, 2.45) is 0 Å². The number of hydrogen-bond acceptors (Lipinski definition) is 6. The quantitative estimate of drug-likeness (QED) is 0.353. The van der Waals surface area contributed by atoms with Crippen molar-refractivity contribution in [3.05, 3.63) is 93.2 Å². The first-order valence-corrected chi connectivity index (χ1v) is 12.5. The molecule has 0 bridgehead atoms. The van der Waals surface area contributed by atoms with E-state index in [2.05, 4.69) is 0 Å². The Hall–Kier alpha value is -3.80. The van der Waals surface area contributed by atoms with Crippen molar-refractivity contribution in [3.63, 3.8) is 0 Å². The summed E-state index contributed by atoms with van der Waals surface area (Å²) >= 11 is 1.45. The molecule has 7 nitrogen and oxygen atoms in total. The molecule has 0 saturated heterocycles. The van der Waals surface area contributed by atoms with Gasteiger partial charge in [0.25, 0.3) is 5.91 Å². The molecule has 3 heterocycles. The van der Waals surface area contributed by atoms with Crippen LogP contribution >= 0.6 is 11.8 Å². The average Bonchev–Trinajstić information content (AvgIpc) is 3.01. The molecule has 5 rings (SSSR count). The number of thioether (sulfide) groups is 1. The first-order chi connectivity index (χ1) is 18.0. The minimum absolute atomic E-state index is 0.408. The number of ether oxygens (including phenoxy) is 1. The van der Waals surface area contributed by atoms with E-state index in [1.165, 1.54) is 39.8 Å². The molecule has 0 aliphatic carbocycles. The van der Waals surface area contributed by atoms with Crippen LogP contribution in [0.25, 0.3) is 0 Å². The summed E-state index contributed by atoms with van der Waals surface area (Å²) in [5, 5.41) is 1.49. The maximum atomic E-state index is 14.2. The van der Waals surface area contributed by atoms with Gasteiger partial charge in [-0.3, -0.25) is 24.1 Å². The van der Waals surface area contributed by atoms with E-state index in [0.29, 0.717) is 21.8 Å². The third-order valence-electron chi connectivity index (χ3n) is 6.55. The lowest BCUT2D eigenvalue weighted by molar-refractivity contribution is -0.173. The van der Waals surface area contributed by atoms with E-state index >= 15 is 0 Å². The number of carbonyl (C=O) groups is 2. The molecule has 198 valence electrons. The minimum Gasteiger partial charge on any atom is -0.420 e. The van der Waals surface area contributed by atoms with Gasteiger partial charge in [-0.1, -0.05) is 24.3 Å². The summed E-state index contributed by atoms with van der Waals surface area (Å²) in [4.78, 5) is 39.4. The molecule has 1 aromatic heterocycles. The highest BCUT2D eigenvalue weighted by Crippen LogP contribution is 2.43. The van der Waals surface area contributed by atoms with Crippen LogP contribution in [0, 0.1) is 5.82 Å². The van der Waals surface area contributed by atoms with Crippen molar-refractivity contribution >= 4 is 23.6 Å². The Morgan fingerprint density at radius 2 is 1.84 bits per heavy atom. The van der Waals surface area contributed by atoms with Crippen LogP contribution in [-0.2, 0) is 10.5 Å². The highest BCUT2D eigenvalue weighted by Gasteiger charge is 2.48. The molecule has 3 aromatic rings. The summed E-state index contributed by atoms with van der Waals surface area (Å²) in [7, 11) is 0. The predicted octanol–water partition coefficient (Wildman–Crippen LogP) is 4.61. The van der Waals surface area contributed by atoms with E-state index in [9.17, 15) is 31.9 Å². The number of benzene rings is 2. The number of fused-ring (bicyclic) bond motifs is 3. The Balaban J connectivity index is 1.80. The van der Waals surface area contributed by atoms with E-state index < -0.39 is 59.5 Å². The third kappa shape index (κ3) is 4.42. The number of nitrogens with zero attached hydrogens (tertiary/aromatic N) is 3. The maximum Gasteiger partial charge on any atom is 0.408 e. The lowest BCUT2D eigenvalue weighted by Gasteiger charge is -2.46. The van der Waals surface area contributed by atoms with Crippen molar-refractivity contribution in [1.29, 1.82) is 0 Å². The Morgan fingerprint density at radius 1 is 1.11 bits per heavy atom. The van der Waals surface area contributed by atoms with Crippen LogP contribution in [0.5, 0.6) is 5.75 Å². The highest BCUT2D eigenvalue weighted by molar-refractivity contribution is 7.98. The molecule has 2 atom stereocenters. The number of halogens is 4. The second-order valence-corrected chi connectivity index (χ2v) is 9.96. The fourth-order valence-electron chi connectivity index (χ4n) is 4.71. The Morgan fingerprint density at radius 3 is 2.55 bits per heavy atom. The number of rotatable bonds is 3. The molecule has 0 unspecified atom stereocenters. The first kappa shape index (κ1) is 25.8. The summed E-state index contributed by atoms with van der Waals surface area (Å²) in [6.07, 6.45) is -3.51. The third-order valence-corrected chi connectivity index (χ3v) is 7.69. The van der Waals surface area contributed by atoms with Crippen molar-refractivity contribution < 1.29 is 31.9 Å². The molecule has 2 aliphatic heterocycles. The molecule has 0 fully saturated rings. The monoisotopic (exact) mass is 547 g/mol. The molecule has 2 aromatic carbocycles. The summed E-state index contributed by atoms with van der Waals surface area (Å²) in [6.45, 7) is 1.35. The van der Waals surface area contributed by atoms with Gasteiger partial charge >= 0.3 is 12.1 Å². The van der Waals surface area contributed by atoms with Gasteiger partial charge in [0.1, 0.15) is 18.5 Å². The maximum absolute atomic E-state index is 14.2. The smallest absolute Gasteiger partial charge is 0.408 e. The summed E-state index contributed by atoms with van der Waals surface area (Å²) in [5.74, 6) is -2.74. The lowest BCUT2D eigenvalue weighted by atomic mass is 9.94. The minimum atomic E-state index is -4.78. The normalized spacial score (nSPS) is 17.7. The van der Waals surface area contributed by atoms with Crippen LogP contribution in [0.2, 0.25) is 0 Å². The van der Waals surface area contributed by atoms with E-state index in [-0.39, 0.29) is 0 Å². The average molecular weight is 548 g/mol. The molecule has 0 N–H and O–H groups in total. The number of alkyl halides is 3. The van der Waals surface area contributed by atoms with Gasteiger partial charge in [0.2, 0.25) is 11.2 Å². The van der Waals surface area contributed by atoms with Gasteiger partial charge in [-0.2, -0.15) is 13.2 Å². The van der Waals surface area contributed by atoms with Gasteiger partial charge in [-0.15, -0.1) is 11.8 Å². The number of hydrogen-bond donors (Lipinski definition) is 0. The largest absolute Gasteiger partial charge is 0.420 e. The molecular weight excluding hydrogens is 526 g/mol. The fraction of sp³-hybridized carbons (Fsp3) is 0.269. The van der Waals surface area contributed by atoms with Crippen molar-refractivity contribution in [2.75, 3.05) is 11.7 Å². The van der Waals surface area contributed by atoms with Crippen LogP contribution in [-0.4, -0.2) is 40.3 Å². The van der Waals surface area contributed by atoms with Crippen molar-refractivity contribution in [2.45, 2.75) is 42.8 Å². The molecule has 0 saturated carbocycles. The van der Waals surface area contributed by atoms with Gasteiger partial charge in [-0.05, 0) is 41.8 Å². The zero-order valence-corrected chi connectivity index (χ0v) is 21.0. The van der Waals surface area contributed by atoms with Crippen molar-refractivity contribution in [1.82, 2.24) is 9.58 Å². The van der Waals surface area contributed by atoms with Gasteiger partial charge in [-0.25, -0.2) is 4.39 Å². The molecule has 0 radical (unpaired) electrons. The molecule has 38 heavy (non-hydrogen) atoms.